The lowest BCUT2D eigenvalue weighted by Crippen LogP contribution is -2.40. The van der Waals surface area contributed by atoms with Gasteiger partial charge in [-0.05, 0) is 24.6 Å². The van der Waals surface area contributed by atoms with E-state index in [1.807, 2.05) is 6.92 Å². The topological polar surface area (TPSA) is 78.1 Å². The summed E-state index contributed by atoms with van der Waals surface area (Å²) in [5.41, 5.74) is 6.47. The minimum atomic E-state index is -4.41. The summed E-state index contributed by atoms with van der Waals surface area (Å²) in [4.78, 5) is 4.16. The zero-order chi connectivity index (χ0) is 18.2. The van der Waals surface area contributed by atoms with Crippen molar-refractivity contribution in [3.8, 4) is 11.5 Å². The van der Waals surface area contributed by atoms with Crippen LogP contribution in [0.4, 0.5) is 13.2 Å². The van der Waals surface area contributed by atoms with Crippen LogP contribution >= 0.6 is 24.0 Å². The highest BCUT2D eigenvalue weighted by atomic mass is 127. The van der Waals surface area contributed by atoms with Gasteiger partial charge in [0.1, 0.15) is 0 Å². The molecule has 10 heteroatoms. The third-order valence-corrected chi connectivity index (χ3v) is 2.86. The quantitative estimate of drug-likeness (QED) is 0.342. The zero-order valence-corrected chi connectivity index (χ0v) is 16.6. The van der Waals surface area contributed by atoms with Crippen molar-refractivity contribution < 1.29 is 27.4 Å². The van der Waals surface area contributed by atoms with Crippen molar-refractivity contribution in [1.82, 2.24) is 5.32 Å². The third kappa shape index (κ3) is 9.58. The molecule has 0 saturated carbocycles. The first-order chi connectivity index (χ1) is 11.2. The molecule has 6 nitrogen and oxygen atoms in total. The molecule has 0 radical (unpaired) electrons. The van der Waals surface area contributed by atoms with E-state index in [1.165, 1.54) is 13.2 Å². The maximum atomic E-state index is 12.2. The van der Waals surface area contributed by atoms with Gasteiger partial charge >= 0.3 is 6.18 Å². The number of aliphatic imine (C=N–C) groups is 1. The number of methoxy groups -OCH3 is 2. The highest BCUT2D eigenvalue weighted by Crippen LogP contribution is 2.30. The number of benzene rings is 1. The predicted molar refractivity (Wildman–Crippen MR) is 99.8 cm³/mol. The molecule has 0 aliphatic heterocycles. The number of alkyl halides is 3. The van der Waals surface area contributed by atoms with Crippen LogP contribution in [0.15, 0.2) is 23.2 Å². The monoisotopic (exact) mass is 477 g/mol. The van der Waals surface area contributed by atoms with E-state index in [4.69, 9.17) is 19.9 Å². The molecule has 1 atom stereocenters. The highest BCUT2D eigenvalue weighted by molar-refractivity contribution is 14.0. The fourth-order valence-corrected chi connectivity index (χ4v) is 1.86. The van der Waals surface area contributed by atoms with Crippen LogP contribution in [-0.4, -0.2) is 45.6 Å². The summed E-state index contributed by atoms with van der Waals surface area (Å²) in [5, 5.41) is 2.95. The van der Waals surface area contributed by atoms with E-state index in [0.29, 0.717) is 6.61 Å². The van der Waals surface area contributed by atoms with Gasteiger partial charge in [0.05, 0.1) is 20.3 Å². The number of hydrogen-bond donors (Lipinski definition) is 2. The van der Waals surface area contributed by atoms with Gasteiger partial charge in [-0.25, -0.2) is 4.99 Å². The molecule has 1 rings (SSSR count). The fourth-order valence-electron chi connectivity index (χ4n) is 1.86. The summed E-state index contributed by atoms with van der Waals surface area (Å²) in [5.74, 6) is 0.463. The number of hydrogen-bond acceptors (Lipinski definition) is 4. The van der Waals surface area contributed by atoms with Crippen molar-refractivity contribution in [1.29, 1.82) is 0 Å². The van der Waals surface area contributed by atoms with Crippen LogP contribution < -0.4 is 20.5 Å². The maximum Gasteiger partial charge on any atom is 0.422 e. The van der Waals surface area contributed by atoms with Crippen LogP contribution in [0.25, 0.3) is 0 Å². The molecule has 0 amide bonds. The van der Waals surface area contributed by atoms with Crippen molar-refractivity contribution in [3.05, 3.63) is 23.8 Å². The van der Waals surface area contributed by atoms with Gasteiger partial charge in [-0.2, -0.15) is 13.2 Å². The molecule has 0 saturated heterocycles. The third-order valence-electron chi connectivity index (χ3n) is 2.86. The average molecular weight is 477 g/mol. The number of nitrogens with zero attached hydrogens (tertiary/aromatic N) is 1. The molecule has 25 heavy (non-hydrogen) atoms. The number of ether oxygens (including phenoxy) is 3. The van der Waals surface area contributed by atoms with Crippen molar-refractivity contribution in [3.63, 3.8) is 0 Å². The van der Waals surface area contributed by atoms with Crippen molar-refractivity contribution in [2.75, 3.05) is 27.4 Å². The standard InChI is InChI=1S/C15H22F3N3O3.HI/c1-10(8-22-2)21-14(19)20-7-11-4-5-12(13(6-11)23-3)24-9-15(16,17)18;/h4-6,10H,7-9H2,1-3H3,(H3,19,20,21);1H. The van der Waals surface area contributed by atoms with E-state index in [2.05, 4.69) is 10.3 Å². The van der Waals surface area contributed by atoms with Gasteiger partial charge in [-0.15, -0.1) is 24.0 Å². The molecule has 1 aromatic carbocycles. The fraction of sp³-hybridized carbons (Fsp3) is 0.533. The summed E-state index contributed by atoms with van der Waals surface area (Å²) in [6.07, 6.45) is -4.41. The van der Waals surface area contributed by atoms with E-state index in [9.17, 15) is 13.2 Å². The molecular weight excluding hydrogens is 454 g/mol. The molecule has 0 fully saturated rings. The Kier molecular flexibility index (Phi) is 10.6. The Morgan fingerprint density at radius 3 is 2.52 bits per heavy atom. The van der Waals surface area contributed by atoms with Gasteiger partial charge in [-0.3, -0.25) is 0 Å². The molecule has 0 aliphatic rings. The Morgan fingerprint density at radius 1 is 1.28 bits per heavy atom. The lowest BCUT2D eigenvalue weighted by molar-refractivity contribution is -0.153. The highest BCUT2D eigenvalue weighted by Gasteiger charge is 2.29. The average Bonchev–Trinajstić information content (AvgIpc) is 2.50. The Balaban J connectivity index is 0.00000576. The molecule has 0 aliphatic carbocycles. The molecule has 0 heterocycles. The second kappa shape index (κ2) is 11.2. The van der Waals surface area contributed by atoms with Crippen LogP contribution in [0.5, 0.6) is 11.5 Å². The van der Waals surface area contributed by atoms with Crippen molar-refractivity contribution in [2.24, 2.45) is 10.7 Å². The first-order valence-corrected chi connectivity index (χ1v) is 7.17. The van der Waals surface area contributed by atoms with Crippen LogP contribution in [0, 0.1) is 0 Å². The van der Waals surface area contributed by atoms with E-state index in [0.717, 1.165) is 5.56 Å². The van der Waals surface area contributed by atoms with Gasteiger partial charge in [0.2, 0.25) is 0 Å². The number of nitrogens with one attached hydrogen (secondary N) is 1. The Bertz CT molecular complexity index is 557. The normalized spacial score (nSPS) is 13.0. The molecule has 0 bridgehead atoms. The van der Waals surface area contributed by atoms with Crippen LogP contribution in [0.1, 0.15) is 12.5 Å². The minimum absolute atomic E-state index is 0. The summed E-state index contributed by atoms with van der Waals surface area (Å²) in [7, 11) is 2.94. The molecule has 144 valence electrons. The second-order valence-electron chi connectivity index (χ2n) is 5.09. The molecule has 0 spiro atoms. The number of nitrogens with two attached hydrogens (primary N) is 1. The summed E-state index contributed by atoms with van der Waals surface area (Å²) < 4.78 is 51.4. The van der Waals surface area contributed by atoms with E-state index in [1.54, 1.807) is 19.2 Å². The smallest absolute Gasteiger partial charge is 0.422 e. The summed E-state index contributed by atoms with van der Waals surface area (Å²) in [6, 6.07) is 4.57. The van der Waals surface area contributed by atoms with Gasteiger partial charge < -0.3 is 25.3 Å². The second-order valence-corrected chi connectivity index (χ2v) is 5.09. The molecule has 1 aromatic rings. The molecule has 3 N–H and O–H groups in total. The zero-order valence-electron chi connectivity index (χ0n) is 14.2. The summed E-state index contributed by atoms with van der Waals surface area (Å²) >= 11 is 0. The SMILES string of the molecule is COCC(C)NC(N)=NCc1ccc(OCC(F)(F)F)c(OC)c1.I. The van der Waals surface area contributed by atoms with E-state index < -0.39 is 12.8 Å². The van der Waals surface area contributed by atoms with Crippen molar-refractivity contribution >= 4 is 29.9 Å². The lowest BCUT2D eigenvalue weighted by atomic mass is 10.2. The van der Waals surface area contributed by atoms with E-state index >= 15 is 0 Å². The molecular formula is C15H23F3IN3O3. The molecule has 0 aromatic heterocycles. The first kappa shape index (κ1) is 23.6. The Morgan fingerprint density at radius 2 is 1.96 bits per heavy atom. The predicted octanol–water partition coefficient (Wildman–Crippen LogP) is 2.69. The Labute approximate surface area is 161 Å². The van der Waals surface area contributed by atoms with Crippen molar-refractivity contribution in [2.45, 2.75) is 25.7 Å². The van der Waals surface area contributed by atoms with Gasteiger partial charge in [0.15, 0.2) is 24.1 Å². The number of halogens is 4. The van der Waals surface area contributed by atoms with Crippen LogP contribution in [-0.2, 0) is 11.3 Å². The van der Waals surface area contributed by atoms with Gasteiger partial charge in [0.25, 0.3) is 0 Å². The minimum Gasteiger partial charge on any atom is -0.493 e. The van der Waals surface area contributed by atoms with Gasteiger partial charge in [-0.1, -0.05) is 6.07 Å². The summed E-state index contributed by atoms with van der Waals surface area (Å²) in [6.45, 7) is 1.24. The lowest BCUT2D eigenvalue weighted by Gasteiger charge is -2.14. The first-order valence-electron chi connectivity index (χ1n) is 7.17. The number of rotatable bonds is 8. The maximum absolute atomic E-state index is 12.2. The van der Waals surface area contributed by atoms with Crippen LogP contribution in [0.3, 0.4) is 0 Å². The molecule has 1 unspecified atom stereocenters. The largest absolute Gasteiger partial charge is 0.493 e. The van der Waals surface area contributed by atoms with E-state index in [-0.39, 0.29) is 54.0 Å². The Hall–Kier alpha value is -1.43. The number of guanidine groups is 1. The van der Waals surface area contributed by atoms with Crippen LogP contribution in [0.2, 0.25) is 0 Å². The van der Waals surface area contributed by atoms with Gasteiger partial charge in [0, 0.05) is 13.2 Å².